The van der Waals surface area contributed by atoms with Crippen molar-refractivity contribution in [2.75, 3.05) is 11.3 Å². The molecule has 0 bridgehead atoms. The van der Waals surface area contributed by atoms with Gasteiger partial charge in [-0.15, -0.1) is 0 Å². The van der Waals surface area contributed by atoms with Gasteiger partial charge in [-0.25, -0.2) is 8.42 Å². The van der Waals surface area contributed by atoms with Gasteiger partial charge in [-0.3, -0.25) is 9.82 Å². The van der Waals surface area contributed by atoms with Crippen LogP contribution in [0.5, 0.6) is 5.75 Å². The van der Waals surface area contributed by atoms with Crippen LogP contribution in [-0.2, 0) is 10.0 Å². The number of hydrogen-bond acceptors (Lipinski definition) is 4. The van der Waals surface area contributed by atoms with Crippen molar-refractivity contribution < 1.29 is 13.2 Å². The van der Waals surface area contributed by atoms with Crippen molar-refractivity contribution in [1.29, 1.82) is 0 Å². The highest BCUT2D eigenvalue weighted by Crippen LogP contribution is 2.28. The fourth-order valence-corrected chi connectivity index (χ4v) is 2.61. The van der Waals surface area contributed by atoms with Crippen molar-refractivity contribution in [1.82, 2.24) is 10.2 Å². The maximum absolute atomic E-state index is 12.1. The molecule has 0 spiro atoms. The van der Waals surface area contributed by atoms with Crippen LogP contribution >= 0.6 is 0 Å². The molecule has 1 aromatic heterocycles. The van der Waals surface area contributed by atoms with E-state index in [1.807, 2.05) is 26.0 Å². The third-order valence-electron chi connectivity index (χ3n) is 2.63. The molecule has 108 valence electrons. The highest BCUT2D eigenvalue weighted by molar-refractivity contribution is 7.92. The molecule has 0 aliphatic heterocycles. The number of benzene rings is 1. The average Bonchev–Trinajstić information content (AvgIpc) is 2.93. The van der Waals surface area contributed by atoms with Gasteiger partial charge in [0.1, 0.15) is 10.6 Å². The molecule has 7 heteroatoms. The molecular formula is C13H17N3O3S. The van der Waals surface area contributed by atoms with Gasteiger partial charge < -0.3 is 4.74 Å². The molecule has 0 aliphatic carbocycles. The maximum Gasteiger partial charge on any atom is 0.265 e. The zero-order valence-electron chi connectivity index (χ0n) is 11.4. The largest absolute Gasteiger partial charge is 0.491 e. The summed E-state index contributed by atoms with van der Waals surface area (Å²) in [6.45, 7) is 4.45. The van der Waals surface area contributed by atoms with Crippen LogP contribution in [0.3, 0.4) is 0 Å². The summed E-state index contributed by atoms with van der Waals surface area (Å²) in [5.74, 6) is 0.527. The first-order chi connectivity index (χ1) is 9.53. The van der Waals surface area contributed by atoms with Gasteiger partial charge >= 0.3 is 0 Å². The van der Waals surface area contributed by atoms with E-state index in [2.05, 4.69) is 14.9 Å². The van der Waals surface area contributed by atoms with Crippen LogP contribution in [-0.4, -0.2) is 25.2 Å². The van der Waals surface area contributed by atoms with Gasteiger partial charge in [-0.2, -0.15) is 5.10 Å². The average molecular weight is 295 g/mol. The first-order valence-electron chi connectivity index (χ1n) is 6.28. The summed E-state index contributed by atoms with van der Waals surface area (Å²) < 4.78 is 32.4. The maximum atomic E-state index is 12.1. The van der Waals surface area contributed by atoms with Crippen molar-refractivity contribution in [3.05, 3.63) is 36.2 Å². The second-order valence-electron chi connectivity index (χ2n) is 4.39. The summed E-state index contributed by atoms with van der Waals surface area (Å²) in [6, 6.07) is 5.33. The van der Waals surface area contributed by atoms with Crippen LogP contribution < -0.4 is 9.46 Å². The summed E-state index contributed by atoms with van der Waals surface area (Å²) in [6.07, 6.45) is 3.42. The topological polar surface area (TPSA) is 84.1 Å². The summed E-state index contributed by atoms with van der Waals surface area (Å²) in [7, 11) is -3.65. The second kappa shape index (κ2) is 5.96. The van der Waals surface area contributed by atoms with Crippen LogP contribution in [0.4, 0.5) is 5.69 Å². The van der Waals surface area contributed by atoms with Crippen molar-refractivity contribution in [3.63, 3.8) is 0 Å². The van der Waals surface area contributed by atoms with Gasteiger partial charge in [0.15, 0.2) is 0 Å². The highest BCUT2D eigenvalue weighted by Gasteiger charge is 2.17. The number of aromatic nitrogens is 2. The molecule has 0 atom stereocenters. The Morgan fingerprint density at radius 2 is 2.20 bits per heavy atom. The number of nitrogens with zero attached hydrogens (tertiary/aromatic N) is 1. The van der Waals surface area contributed by atoms with Gasteiger partial charge in [0.05, 0.1) is 18.5 Å². The number of sulfonamides is 1. The van der Waals surface area contributed by atoms with Crippen molar-refractivity contribution in [2.24, 2.45) is 0 Å². The van der Waals surface area contributed by atoms with Crippen molar-refractivity contribution >= 4 is 15.7 Å². The van der Waals surface area contributed by atoms with E-state index in [0.717, 1.165) is 12.0 Å². The summed E-state index contributed by atoms with van der Waals surface area (Å²) in [5.41, 5.74) is 1.42. The van der Waals surface area contributed by atoms with Crippen LogP contribution in [0.15, 0.2) is 35.5 Å². The normalized spacial score (nSPS) is 11.3. The van der Waals surface area contributed by atoms with Gasteiger partial charge in [-0.1, -0.05) is 13.0 Å². The zero-order chi connectivity index (χ0) is 14.6. The van der Waals surface area contributed by atoms with E-state index in [0.29, 0.717) is 18.0 Å². The molecule has 0 fully saturated rings. The fourth-order valence-electron chi connectivity index (χ4n) is 1.63. The van der Waals surface area contributed by atoms with E-state index in [1.165, 1.54) is 12.4 Å². The van der Waals surface area contributed by atoms with E-state index in [9.17, 15) is 8.42 Å². The molecular weight excluding hydrogens is 278 g/mol. The lowest BCUT2D eigenvalue weighted by atomic mass is 10.2. The molecule has 1 aromatic carbocycles. The molecule has 2 N–H and O–H groups in total. The predicted molar refractivity (Wildman–Crippen MR) is 76.4 cm³/mol. The van der Waals surface area contributed by atoms with E-state index >= 15 is 0 Å². The second-order valence-corrected chi connectivity index (χ2v) is 6.07. The molecule has 0 aliphatic rings. The summed E-state index contributed by atoms with van der Waals surface area (Å²) in [4.78, 5) is 0.0829. The fraction of sp³-hybridized carbons (Fsp3) is 0.308. The minimum absolute atomic E-state index is 0.0829. The molecule has 0 saturated heterocycles. The first kappa shape index (κ1) is 14.4. The first-order valence-corrected chi connectivity index (χ1v) is 7.76. The Balaban J connectivity index is 2.29. The Morgan fingerprint density at radius 1 is 1.40 bits per heavy atom. The SMILES string of the molecule is CCCOc1cc(C)ccc1NS(=O)(=O)c1cn[nH]c1. The minimum Gasteiger partial charge on any atom is -0.491 e. The molecule has 6 nitrogen and oxygen atoms in total. The van der Waals surface area contributed by atoms with E-state index in [4.69, 9.17) is 4.74 Å². The monoisotopic (exact) mass is 295 g/mol. The number of aryl methyl sites for hydroxylation is 1. The number of ether oxygens (including phenoxy) is 1. The number of rotatable bonds is 6. The lowest BCUT2D eigenvalue weighted by Crippen LogP contribution is -2.13. The smallest absolute Gasteiger partial charge is 0.265 e. The number of anilines is 1. The third-order valence-corrected chi connectivity index (χ3v) is 3.96. The van der Waals surface area contributed by atoms with Gasteiger partial charge in [-0.05, 0) is 31.0 Å². The molecule has 2 aromatic rings. The Morgan fingerprint density at radius 3 is 2.85 bits per heavy atom. The van der Waals surface area contributed by atoms with E-state index in [-0.39, 0.29) is 4.90 Å². The van der Waals surface area contributed by atoms with Gasteiger partial charge in [0, 0.05) is 6.20 Å². The number of hydrogen-bond donors (Lipinski definition) is 2. The number of nitrogens with one attached hydrogen (secondary N) is 2. The molecule has 20 heavy (non-hydrogen) atoms. The Hall–Kier alpha value is -2.02. The molecule has 1 heterocycles. The minimum atomic E-state index is -3.65. The third kappa shape index (κ3) is 3.30. The lowest BCUT2D eigenvalue weighted by Gasteiger charge is -2.13. The standard InChI is InChI=1S/C13H17N3O3S/c1-3-6-19-13-7-10(2)4-5-12(13)16-20(17,18)11-8-14-15-9-11/h4-5,7-9,16H,3,6H2,1-2H3,(H,14,15). The Bertz CT molecular complexity index is 666. The Labute approximate surface area is 118 Å². The summed E-state index contributed by atoms with van der Waals surface area (Å²) in [5, 5.41) is 6.12. The van der Waals surface area contributed by atoms with Crippen molar-refractivity contribution in [2.45, 2.75) is 25.2 Å². The predicted octanol–water partition coefficient (Wildman–Crippen LogP) is 2.31. The van der Waals surface area contributed by atoms with E-state index in [1.54, 1.807) is 6.07 Å². The highest BCUT2D eigenvalue weighted by atomic mass is 32.2. The zero-order valence-corrected chi connectivity index (χ0v) is 12.2. The lowest BCUT2D eigenvalue weighted by molar-refractivity contribution is 0.319. The quantitative estimate of drug-likeness (QED) is 0.856. The number of H-pyrrole nitrogens is 1. The van der Waals surface area contributed by atoms with Gasteiger partial charge in [0.25, 0.3) is 10.0 Å². The van der Waals surface area contributed by atoms with Crippen LogP contribution in [0.1, 0.15) is 18.9 Å². The van der Waals surface area contributed by atoms with E-state index < -0.39 is 10.0 Å². The molecule has 2 rings (SSSR count). The summed E-state index contributed by atoms with van der Waals surface area (Å²) >= 11 is 0. The van der Waals surface area contributed by atoms with Crippen LogP contribution in [0.25, 0.3) is 0 Å². The van der Waals surface area contributed by atoms with Crippen LogP contribution in [0, 0.1) is 6.92 Å². The number of aromatic amines is 1. The molecule has 0 unspecified atom stereocenters. The van der Waals surface area contributed by atoms with Crippen molar-refractivity contribution in [3.8, 4) is 5.75 Å². The molecule has 0 amide bonds. The Kier molecular flexibility index (Phi) is 4.29. The van der Waals surface area contributed by atoms with Gasteiger partial charge in [0.2, 0.25) is 0 Å². The molecule has 0 radical (unpaired) electrons. The molecule has 0 saturated carbocycles. The van der Waals surface area contributed by atoms with Crippen LogP contribution in [0.2, 0.25) is 0 Å².